The van der Waals surface area contributed by atoms with Crippen molar-refractivity contribution in [3.63, 3.8) is 0 Å². The van der Waals surface area contributed by atoms with Gasteiger partial charge in [-0.1, -0.05) is 36.4 Å². The molecule has 0 unspecified atom stereocenters. The third-order valence-electron chi connectivity index (χ3n) is 3.70. The molecule has 112 valence electrons. The Morgan fingerprint density at radius 3 is 2.18 bits per heavy atom. The number of benzene rings is 2. The molecule has 0 bridgehead atoms. The molecule has 5 heteroatoms. The largest absolute Gasteiger partial charge is 0.293 e. The van der Waals surface area contributed by atoms with Gasteiger partial charge in [-0.25, -0.2) is 12.4 Å². The predicted octanol–water partition coefficient (Wildman–Crippen LogP) is 3.39. The first-order chi connectivity index (χ1) is 10.4. The van der Waals surface area contributed by atoms with E-state index in [-0.39, 0.29) is 16.4 Å². The molecule has 1 aromatic heterocycles. The summed E-state index contributed by atoms with van der Waals surface area (Å²) in [5.74, 6) is -0.270. The molecule has 0 aliphatic carbocycles. The Bertz CT molecular complexity index is 970. The van der Waals surface area contributed by atoms with Gasteiger partial charge in [0.1, 0.15) is 5.69 Å². The highest BCUT2D eigenvalue weighted by molar-refractivity contribution is 7.90. The molecule has 4 nitrogen and oxygen atoms in total. The van der Waals surface area contributed by atoms with Crippen molar-refractivity contribution in [1.29, 1.82) is 0 Å². The van der Waals surface area contributed by atoms with Crippen LogP contribution in [0.1, 0.15) is 23.0 Å². The topological polar surface area (TPSA) is 56.1 Å². The van der Waals surface area contributed by atoms with E-state index in [1.807, 2.05) is 12.1 Å². The number of carbonyl (C=O) groups is 1. The Labute approximate surface area is 129 Å². The molecular formula is C17H15NO3S. The highest BCUT2D eigenvalue weighted by atomic mass is 32.2. The minimum atomic E-state index is -3.82. The van der Waals surface area contributed by atoms with Crippen LogP contribution in [0.15, 0.2) is 59.5 Å². The average molecular weight is 313 g/mol. The van der Waals surface area contributed by atoms with Crippen molar-refractivity contribution in [1.82, 2.24) is 3.97 Å². The van der Waals surface area contributed by atoms with Gasteiger partial charge in [0.15, 0.2) is 5.78 Å². The molecule has 3 aromatic rings. The predicted molar refractivity (Wildman–Crippen MR) is 85.7 cm³/mol. The Morgan fingerprint density at radius 1 is 0.955 bits per heavy atom. The second-order valence-corrected chi connectivity index (χ2v) is 6.92. The molecule has 0 spiro atoms. The zero-order valence-corrected chi connectivity index (χ0v) is 13.1. The van der Waals surface area contributed by atoms with Gasteiger partial charge in [0.25, 0.3) is 10.0 Å². The molecule has 0 radical (unpaired) electrons. The lowest BCUT2D eigenvalue weighted by molar-refractivity contribution is 0.101. The van der Waals surface area contributed by atoms with Crippen molar-refractivity contribution in [2.75, 3.05) is 0 Å². The molecule has 2 aromatic carbocycles. The summed E-state index contributed by atoms with van der Waals surface area (Å²) in [6, 6.07) is 15.3. The van der Waals surface area contributed by atoms with Gasteiger partial charge in [-0.2, -0.15) is 0 Å². The number of hydrogen-bond acceptors (Lipinski definition) is 3. The smallest absolute Gasteiger partial charge is 0.268 e. The first kappa shape index (κ1) is 14.5. The van der Waals surface area contributed by atoms with Crippen molar-refractivity contribution in [2.45, 2.75) is 18.7 Å². The molecule has 1 heterocycles. The molecule has 0 aliphatic rings. The Kier molecular flexibility index (Phi) is 3.37. The fraction of sp³-hybridized carbons (Fsp3) is 0.118. The molecule has 3 rings (SSSR count). The fourth-order valence-electron chi connectivity index (χ4n) is 2.72. The SMILES string of the molecule is CC(=O)c1c(C)c2ccccc2n1S(=O)(=O)c1ccccc1. The summed E-state index contributed by atoms with van der Waals surface area (Å²) < 4.78 is 27.2. The van der Waals surface area contributed by atoms with Crippen molar-refractivity contribution >= 4 is 26.7 Å². The van der Waals surface area contributed by atoms with E-state index in [1.165, 1.54) is 19.1 Å². The van der Waals surface area contributed by atoms with Crippen LogP contribution in [0.2, 0.25) is 0 Å². The third kappa shape index (κ3) is 2.05. The van der Waals surface area contributed by atoms with Gasteiger partial charge in [-0.3, -0.25) is 4.79 Å². The van der Waals surface area contributed by atoms with E-state index in [1.54, 1.807) is 37.3 Å². The Balaban J connectivity index is 2.45. The van der Waals surface area contributed by atoms with Gasteiger partial charge < -0.3 is 0 Å². The number of ketones is 1. The maximum absolute atomic E-state index is 13.0. The van der Waals surface area contributed by atoms with E-state index in [0.29, 0.717) is 11.1 Å². The van der Waals surface area contributed by atoms with Crippen molar-refractivity contribution in [2.24, 2.45) is 0 Å². The van der Waals surface area contributed by atoms with Crippen LogP contribution in [-0.2, 0) is 10.0 Å². The van der Waals surface area contributed by atoms with E-state index in [2.05, 4.69) is 0 Å². The molecule has 0 atom stereocenters. The lowest BCUT2D eigenvalue weighted by Gasteiger charge is -2.10. The summed E-state index contributed by atoms with van der Waals surface area (Å²) in [7, 11) is -3.82. The van der Waals surface area contributed by atoms with Gasteiger partial charge in [0, 0.05) is 12.3 Å². The summed E-state index contributed by atoms with van der Waals surface area (Å²) in [4.78, 5) is 12.2. The van der Waals surface area contributed by atoms with Crippen molar-refractivity contribution in [3.8, 4) is 0 Å². The van der Waals surface area contributed by atoms with E-state index >= 15 is 0 Å². The van der Waals surface area contributed by atoms with E-state index in [9.17, 15) is 13.2 Å². The minimum Gasteiger partial charge on any atom is -0.293 e. The number of hydrogen-bond donors (Lipinski definition) is 0. The number of aromatic nitrogens is 1. The van der Waals surface area contributed by atoms with Crippen LogP contribution in [0.4, 0.5) is 0 Å². The summed E-state index contributed by atoms with van der Waals surface area (Å²) >= 11 is 0. The third-order valence-corrected chi connectivity index (χ3v) is 5.43. The van der Waals surface area contributed by atoms with Crippen LogP contribution in [0, 0.1) is 6.92 Å². The molecular weight excluding hydrogens is 298 g/mol. The zero-order valence-electron chi connectivity index (χ0n) is 12.3. The summed E-state index contributed by atoms with van der Waals surface area (Å²) in [6.45, 7) is 3.16. The lowest BCUT2D eigenvalue weighted by Crippen LogP contribution is -2.18. The molecule has 0 aliphatic heterocycles. The van der Waals surface area contributed by atoms with E-state index in [0.717, 1.165) is 9.36 Å². The van der Waals surface area contributed by atoms with Gasteiger partial charge >= 0.3 is 0 Å². The van der Waals surface area contributed by atoms with Gasteiger partial charge in [-0.15, -0.1) is 0 Å². The van der Waals surface area contributed by atoms with Crippen LogP contribution in [0.3, 0.4) is 0 Å². The maximum Gasteiger partial charge on any atom is 0.268 e. The van der Waals surface area contributed by atoms with E-state index in [4.69, 9.17) is 0 Å². The van der Waals surface area contributed by atoms with Crippen molar-refractivity contribution < 1.29 is 13.2 Å². The van der Waals surface area contributed by atoms with Gasteiger partial charge in [0.05, 0.1) is 10.4 Å². The number of carbonyl (C=O) groups excluding carboxylic acids is 1. The monoisotopic (exact) mass is 313 g/mol. The van der Waals surface area contributed by atoms with Crippen LogP contribution < -0.4 is 0 Å². The lowest BCUT2D eigenvalue weighted by atomic mass is 10.1. The molecule has 0 fully saturated rings. The molecule has 0 amide bonds. The van der Waals surface area contributed by atoms with Crippen LogP contribution in [0.25, 0.3) is 10.9 Å². The first-order valence-corrected chi connectivity index (χ1v) is 8.30. The standard InChI is InChI=1S/C17H15NO3S/c1-12-15-10-6-7-11-16(15)18(17(12)13(2)19)22(20,21)14-8-4-3-5-9-14/h3-11H,1-2H3. The highest BCUT2D eigenvalue weighted by Crippen LogP contribution is 2.30. The maximum atomic E-state index is 13.0. The fourth-order valence-corrected chi connectivity index (χ4v) is 4.36. The summed E-state index contributed by atoms with van der Waals surface area (Å²) in [6.07, 6.45) is 0. The average Bonchev–Trinajstić information content (AvgIpc) is 2.82. The summed E-state index contributed by atoms with van der Waals surface area (Å²) in [5.41, 5.74) is 1.42. The number of fused-ring (bicyclic) bond motifs is 1. The number of para-hydroxylation sites is 1. The number of aryl methyl sites for hydroxylation is 1. The van der Waals surface area contributed by atoms with Gasteiger partial charge in [-0.05, 0) is 30.7 Å². The first-order valence-electron chi connectivity index (χ1n) is 6.86. The normalized spacial score (nSPS) is 11.7. The van der Waals surface area contributed by atoms with Crippen LogP contribution in [-0.4, -0.2) is 18.2 Å². The Morgan fingerprint density at radius 2 is 1.55 bits per heavy atom. The summed E-state index contributed by atoms with van der Waals surface area (Å²) in [5, 5.41) is 0.771. The Hall–Kier alpha value is -2.40. The molecule has 0 N–H and O–H groups in total. The number of Topliss-reactive ketones (excluding diaryl/α,β-unsaturated/α-hetero) is 1. The highest BCUT2D eigenvalue weighted by Gasteiger charge is 2.27. The van der Waals surface area contributed by atoms with Crippen LogP contribution >= 0.6 is 0 Å². The number of rotatable bonds is 3. The quantitative estimate of drug-likeness (QED) is 0.696. The molecule has 22 heavy (non-hydrogen) atoms. The second kappa shape index (κ2) is 5.10. The number of nitrogens with zero attached hydrogens (tertiary/aromatic N) is 1. The van der Waals surface area contributed by atoms with Gasteiger partial charge in [0.2, 0.25) is 0 Å². The minimum absolute atomic E-state index is 0.165. The zero-order chi connectivity index (χ0) is 15.9. The molecule has 0 saturated carbocycles. The molecule has 0 saturated heterocycles. The second-order valence-electron chi connectivity index (χ2n) is 5.13. The van der Waals surface area contributed by atoms with Crippen molar-refractivity contribution in [3.05, 3.63) is 65.9 Å². The van der Waals surface area contributed by atoms with E-state index < -0.39 is 10.0 Å². The van der Waals surface area contributed by atoms with Crippen LogP contribution in [0.5, 0.6) is 0 Å².